The zero-order chi connectivity index (χ0) is 20.5. The molecule has 2 aliphatic rings. The summed E-state index contributed by atoms with van der Waals surface area (Å²) in [7, 11) is 0. The number of carbonyl (C=O) groups is 3. The average Bonchev–Trinajstić information content (AvgIpc) is 2.87. The Kier molecular flexibility index (Phi) is 5.05. The maximum absolute atomic E-state index is 13.6. The number of imide groups is 1. The molecule has 3 amide bonds. The zero-order valence-corrected chi connectivity index (χ0v) is 16.6. The van der Waals surface area contributed by atoms with E-state index in [1.54, 1.807) is 29.2 Å². The van der Waals surface area contributed by atoms with Crippen molar-refractivity contribution in [1.29, 1.82) is 0 Å². The van der Waals surface area contributed by atoms with Gasteiger partial charge in [-0.05, 0) is 30.0 Å². The third kappa shape index (κ3) is 3.37. The SMILES string of the molecule is CC(C)CN1C(=O)C(N2C(=O)c3ccccc3C2=O)CC=C[C@H]1c1ccccc1. The number of carbonyl (C=O) groups excluding carboxylic acids is 3. The second-order valence-corrected chi connectivity index (χ2v) is 7.95. The first-order valence-electron chi connectivity index (χ1n) is 9.98. The minimum Gasteiger partial charge on any atom is -0.330 e. The van der Waals surface area contributed by atoms with Crippen molar-refractivity contribution >= 4 is 17.7 Å². The van der Waals surface area contributed by atoms with Crippen molar-refractivity contribution in [2.24, 2.45) is 5.92 Å². The van der Waals surface area contributed by atoms with Crippen LogP contribution in [0, 0.1) is 5.92 Å². The van der Waals surface area contributed by atoms with Crippen molar-refractivity contribution in [3.8, 4) is 0 Å². The van der Waals surface area contributed by atoms with E-state index in [1.807, 2.05) is 42.5 Å². The van der Waals surface area contributed by atoms with E-state index in [0.29, 0.717) is 24.1 Å². The number of hydrogen-bond acceptors (Lipinski definition) is 3. The molecule has 2 aromatic carbocycles. The standard InChI is InChI=1S/C24H24N2O3/c1-16(2)15-25-20(17-9-4-3-5-10-17)13-8-14-21(24(25)29)26-22(27)18-11-6-7-12-19(18)23(26)28/h3-13,16,20-21H,14-15H2,1-2H3/t20-,21?/m0/s1. The summed E-state index contributed by atoms with van der Waals surface area (Å²) >= 11 is 0. The van der Waals surface area contributed by atoms with Crippen LogP contribution in [0.5, 0.6) is 0 Å². The predicted molar refractivity (Wildman–Crippen MR) is 110 cm³/mol. The summed E-state index contributed by atoms with van der Waals surface area (Å²) in [5, 5.41) is 0. The van der Waals surface area contributed by atoms with Crippen LogP contribution in [0.2, 0.25) is 0 Å². The maximum atomic E-state index is 13.6. The summed E-state index contributed by atoms with van der Waals surface area (Å²) in [5.41, 5.74) is 1.75. The smallest absolute Gasteiger partial charge is 0.262 e. The Morgan fingerprint density at radius 1 is 0.897 bits per heavy atom. The molecule has 2 aliphatic heterocycles. The lowest BCUT2D eigenvalue weighted by Gasteiger charge is -2.34. The molecule has 1 unspecified atom stereocenters. The van der Waals surface area contributed by atoms with E-state index in [9.17, 15) is 14.4 Å². The van der Waals surface area contributed by atoms with Gasteiger partial charge in [-0.1, -0.05) is 68.5 Å². The highest BCUT2D eigenvalue weighted by atomic mass is 16.2. The van der Waals surface area contributed by atoms with Crippen LogP contribution in [0.4, 0.5) is 0 Å². The fraction of sp³-hybridized carbons (Fsp3) is 0.292. The number of fused-ring (bicyclic) bond motifs is 1. The average molecular weight is 388 g/mol. The summed E-state index contributed by atoms with van der Waals surface area (Å²) in [6.45, 7) is 4.66. The van der Waals surface area contributed by atoms with Crippen LogP contribution >= 0.6 is 0 Å². The van der Waals surface area contributed by atoms with Crippen LogP contribution in [0.25, 0.3) is 0 Å². The number of hydrogen-bond donors (Lipinski definition) is 0. The Morgan fingerprint density at radius 2 is 1.48 bits per heavy atom. The van der Waals surface area contributed by atoms with Gasteiger partial charge in [0.05, 0.1) is 17.2 Å². The molecule has 0 fully saturated rings. The normalized spacial score (nSPS) is 21.7. The summed E-state index contributed by atoms with van der Waals surface area (Å²) in [4.78, 5) is 42.5. The van der Waals surface area contributed by atoms with Gasteiger partial charge in [0.1, 0.15) is 6.04 Å². The van der Waals surface area contributed by atoms with Gasteiger partial charge in [0.15, 0.2) is 0 Å². The highest BCUT2D eigenvalue weighted by Crippen LogP contribution is 2.32. The molecule has 29 heavy (non-hydrogen) atoms. The molecule has 4 rings (SSSR count). The van der Waals surface area contributed by atoms with E-state index < -0.39 is 6.04 Å². The van der Waals surface area contributed by atoms with E-state index >= 15 is 0 Å². The molecule has 0 aliphatic carbocycles. The minimum absolute atomic E-state index is 0.188. The molecule has 0 saturated carbocycles. The fourth-order valence-electron chi connectivity index (χ4n) is 4.11. The third-order valence-corrected chi connectivity index (χ3v) is 5.42. The van der Waals surface area contributed by atoms with E-state index in [2.05, 4.69) is 13.8 Å². The summed E-state index contributed by atoms with van der Waals surface area (Å²) in [6, 6.07) is 15.6. The van der Waals surface area contributed by atoms with Crippen molar-refractivity contribution in [1.82, 2.24) is 9.80 Å². The quantitative estimate of drug-likeness (QED) is 0.591. The number of rotatable bonds is 4. The van der Waals surface area contributed by atoms with Crippen LogP contribution in [0.3, 0.4) is 0 Å². The molecule has 0 radical (unpaired) electrons. The first-order chi connectivity index (χ1) is 14.0. The van der Waals surface area contributed by atoms with Crippen LogP contribution in [-0.4, -0.2) is 40.1 Å². The van der Waals surface area contributed by atoms with Crippen molar-refractivity contribution in [3.63, 3.8) is 0 Å². The van der Waals surface area contributed by atoms with Crippen molar-refractivity contribution < 1.29 is 14.4 Å². The van der Waals surface area contributed by atoms with Gasteiger partial charge in [0.2, 0.25) is 5.91 Å². The lowest BCUT2D eigenvalue weighted by atomic mass is 10.0. The molecule has 0 bridgehead atoms. The van der Waals surface area contributed by atoms with Gasteiger partial charge >= 0.3 is 0 Å². The fourth-order valence-corrected chi connectivity index (χ4v) is 4.11. The van der Waals surface area contributed by atoms with E-state index in [1.165, 1.54) is 0 Å². The van der Waals surface area contributed by atoms with Crippen molar-refractivity contribution in [3.05, 3.63) is 83.4 Å². The number of benzene rings is 2. The van der Waals surface area contributed by atoms with Crippen molar-refractivity contribution in [2.75, 3.05) is 6.54 Å². The number of nitrogens with zero attached hydrogens (tertiary/aromatic N) is 2. The van der Waals surface area contributed by atoms with Gasteiger partial charge in [-0.2, -0.15) is 0 Å². The molecule has 2 aromatic rings. The first-order valence-corrected chi connectivity index (χ1v) is 9.98. The van der Waals surface area contributed by atoms with Gasteiger partial charge in [-0.25, -0.2) is 0 Å². The van der Waals surface area contributed by atoms with Crippen LogP contribution in [0.15, 0.2) is 66.7 Å². The van der Waals surface area contributed by atoms with Gasteiger partial charge < -0.3 is 4.90 Å². The summed E-state index contributed by atoms with van der Waals surface area (Å²) < 4.78 is 0. The molecule has 5 heteroatoms. The molecule has 0 N–H and O–H groups in total. The predicted octanol–water partition coefficient (Wildman–Crippen LogP) is 3.84. The van der Waals surface area contributed by atoms with Gasteiger partial charge in [0.25, 0.3) is 11.8 Å². The van der Waals surface area contributed by atoms with E-state index in [4.69, 9.17) is 0 Å². The Labute approximate surface area is 170 Å². The Hall–Kier alpha value is -3.21. The van der Waals surface area contributed by atoms with E-state index in [-0.39, 0.29) is 29.7 Å². The molecule has 0 spiro atoms. The zero-order valence-electron chi connectivity index (χ0n) is 16.6. The Morgan fingerprint density at radius 3 is 2.07 bits per heavy atom. The monoisotopic (exact) mass is 388 g/mol. The third-order valence-electron chi connectivity index (χ3n) is 5.42. The molecular weight excluding hydrogens is 364 g/mol. The Balaban J connectivity index is 1.71. The van der Waals surface area contributed by atoms with Crippen LogP contribution in [0.1, 0.15) is 52.6 Å². The highest BCUT2D eigenvalue weighted by Gasteiger charge is 2.45. The second-order valence-electron chi connectivity index (χ2n) is 7.95. The van der Waals surface area contributed by atoms with E-state index in [0.717, 1.165) is 10.5 Å². The molecule has 148 valence electrons. The maximum Gasteiger partial charge on any atom is 0.262 e. The highest BCUT2D eigenvalue weighted by molar-refractivity contribution is 6.22. The Bertz CT molecular complexity index is 946. The minimum atomic E-state index is -0.828. The molecule has 2 atom stereocenters. The lowest BCUT2D eigenvalue weighted by molar-refractivity contribution is -0.137. The molecular formula is C24H24N2O3. The van der Waals surface area contributed by atoms with Crippen LogP contribution in [-0.2, 0) is 4.79 Å². The molecule has 0 aromatic heterocycles. The number of amides is 3. The van der Waals surface area contributed by atoms with Gasteiger partial charge in [-0.15, -0.1) is 0 Å². The molecule has 5 nitrogen and oxygen atoms in total. The van der Waals surface area contributed by atoms with Gasteiger partial charge in [0, 0.05) is 6.54 Å². The second kappa shape index (κ2) is 7.66. The van der Waals surface area contributed by atoms with Gasteiger partial charge in [-0.3, -0.25) is 19.3 Å². The topological polar surface area (TPSA) is 57.7 Å². The largest absolute Gasteiger partial charge is 0.330 e. The summed E-state index contributed by atoms with van der Waals surface area (Å²) in [5.74, 6) is -0.716. The molecule has 0 saturated heterocycles. The van der Waals surface area contributed by atoms with Crippen LogP contribution < -0.4 is 0 Å². The molecule has 2 heterocycles. The first kappa shape index (κ1) is 19.1. The van der Waals surface area contributed by atoms with Crippen molar-refractivity contribution in [2.45, 2.75) is 32.4 Å². The summed E-state index contributed by atoms with van der Waals surface area (Å²) in [6.07, 6.45) is 4.25. The lowest BCUT2D eigenvalue weighted by Crippen LogP contribution is -2.51.